The van der Waals surface area contributed by atoms with Gasteiger partial charge in [0.2, 0.25) is 5.91 Å². The van der Waals surface area contributed by atoms with E-state index in [4.69, 9.17) is 0 Å². The summed E-state index contributed by atoms with van der Waals surface area (Å²) in [5.41, 5.74) is 1.25. The molecule has 0 saturated heterocycles. The summed E-state index contributed by atoms with van der Waals surface area (Å²) in [4.78, 5) is 22.0. The Labute approximate surface area is 155 Å². The summed E-state index contributed by atoms with van der Waals surface area (Å²) in [6.07, 6.45) is 4.59. The number of nitrogens with one attached hydrogen (secondary N) is 2. The third-order valence-corrected chi connectivity index (χ3v) is 3.85. The minimum Gasteiger partial charge on any atom is -0.357 e. The number of hydrogen-bond acceptors (Lipinski definition) is 3. The Kier molecular flexibility index (Phi) is 7.67. The highest BCUT2D eigenvalue weighted by Gasteiger charge is 2.06. The average molecular weight is 356 g/mol. The van der Waals surface area contributed by atoms with Gasteiger partial charge in [0.1, 0.15) is 12.4 Å². The van der Waals surface area contributed by atoms with E-state index in [2.05, 4.69) is 37.3 Å². The predicted octanol–water partition coefficient (Wildman–Crippen LogP) is 1.12. The van der Waals surface area contributed by atoms with Crippen molar-refractivity contribution >= 4 is 11.9 Å². The zero-order valence-corrected chi connectivity index (χ0v) is 15.8. The smallest absolute Gasteiger partial charge is 0.243 e. The lowest BCUT2D eigenvalue weighted by atomic mass is 10.2. The second-order valence-corrected chi connectivity index (χ2v) is 6.12. The summed E-state index contributed by atoms with van der Waals surface area (Å²) in [6, 6.07) is 10.3. The van der Waals surface area contributed by atoms with Gasteiger partial charge in [-0.1, -0.05) is 30.3 Å². The quantitative estimate of drug-likeness (QED) is 0.549. The van der Waals surface area contributed by atoms with Gasteiger partial charge in [-0.3, -0.25) is 4.79 Å². The van der Waals surface area contributed by atoms with E-state index in [1.807, 2.05) is 37.5 Å². The highest BCUT2D eigenvalue weighted by Crippen LogP contribution is 2.05. The fraction of sp³-hybridized carbons (Fsp3) is 0.421. The van der Waals surface area contributed by atoms with Crippen molar-refractivity contribution < 1.29 is 4.79 Å². The van der Waals surface area contributed by atoms with Gasteiger partial charge in [-0.2, -0.15) is 0 Å². The van der Waals surface area contributed by atoms with Crippen LogP contribution in [0.5, 0.6) is 0 Å². The van der Waals surface area contributed by atoms with Crippen molar-refractivity contribution in [3.63, 3.8) is 0 Å². The third-order valence-electron chi connectivity index (χ3n) is 3.85. The van der Waals surface area contributed by atoms with Crippen LogP contribution < -0.4 is 10.6 Å². The molecule has 140 valence electrons. The third kappa shape index (κ3) is 6.23. The van der Waals surface area contributed by atoms with E-state index in [-0.39, 0.29) is 12.5 Å². The van der Waals surface area contributed by atoms with Gasteiger partial charge in [0.05, 0.1) is 0 Å². The lowest BCUT2D eigenvalue weighted by Gasteiger charge is -2.13. The van der Waals surface area contributed by atoms with Crippen molar-refractivity contribution in [3.05, 3.63) is 54.1 Å². The maximum atomic E-state index is 11.7. The molecule has 0 fully saturated rings. The minimum absolute atomic E-state index is 0.0272. The van der Waals surface area contributed by atoms with E-state index in [0.29, 0.717) is 12.5 Å². The SMILES string of the molecule is CCNC(=NCC(=O)N(C)C)NCCc1nccn1Cc1ccccc1. The molecule has 0 aliphatic rings. The Hall–Kier alpha value is -2.83. The molecule has 26 heavy (non-hydrogen) atoms. The monoisotopic (exact) mass is 356 g/mol. The van der Waals surface area contributed by atoms with Crippen molar-refractivity contribution in [2.75, 3.05) is 33.7 Å². The number of aliphatic imine (C=N–C) groups is 1. The lowest BCUT2D eigenvalue weighted by molar-refractivity contribution is -0.127. The fourth-order valence-corrected chi connectivity index (χ4v) is 2.41. The van der Waals surface area contributed by atoms with Crippen LogP contribution in [0.3, 0.4) is 0 Å². The molecule has 0 saturated carbocycles. The Morgan fingerprint density at radius 1 is 1.23 bits per heavy atom. The lowest BCUT2D eigenvalue weighted by Crippen LogP contribution is -2.39. The number of guanidine groups is 1. The van der Waals surface area contributed by atoms with E-state index < -0.39 is 0 Å². The first kappa shape index (κ1) is 19.5. The van der Waals surface area contributed by atoms with Gasteiger partial charge in [-0.15, -0.1) is 0 Å². The Bertz CT molecular complexity index is 708. The molecule has 1 aromatic carbocycles. The van der Waals surface area contributed by atoms with Crippen molar-refractivity contribution in [2.45, 2.75) is 19.9 Å². The standard InChI is InChI=1S/C19H28N6O/c1-4-20-19(23-14-18(26)24(2)3)22-11-10-17-21-12-13-25(17)15-16-8-6-5-7-9-16/h5-9,12-13H,4,10-11,14-15H2,1-3H3,(H2,20,22,23). The summed E-state index contributed by atoms with van der Waals surface area (Å²) in [5, 5.41) is 6.41. The normalized spacial score (nSPS) is 11.3. The van der Waals surface area contributed by atoms with E-state index in [0.717, 1.165) is 25.3 Å². The molecule has 2 rings (SSSR count). The number of hydrogen-bond donors (Lipinski definition) is 2. The topological polar surface area (TPSA) is 74.6 Å². The van der Waals surface area contributed by atoms with Crippen LogP contribution in [0, 0.1) is 0 Å². The zero-order chi connectivity index (χ0) is 18.8. The molecule has 1 aromatic heterocycles. The number of benzene rings is 1. The molecular formula is C19H28N6O. The number of rotatable bonds is 8. The molecule has 1 heterocycles. The van der Waals surface area contributed by atoms with Crippen molar-refractivity contribution in [1.82, 2.24) is 25.1 Å². The Morgan fingerprint density at radius 3 is 2.69 bits per heavy atom. The maximum absolute atomic E-state index is 11.7. The highest BCUT2D eigenvalue weighted by atomic mass is 16.2. The zero-order valence-electron chi connectivity index (χ0n) is 15.8. The van der Waals surface area contributed by atoms with Crippen LogP contribution in [0.15, 0.2) is 47.7 Å². The largest absolute Gasteiger partial charge is 0.357 e. The van der Waals surface area contributed by atoms with Crippen LogP contribution >= 0.6 is 0 Å². The summed E-state index contributed by atoms with van der Waals surface area (Å²) in [6.45, 7) is 4.36. The van der Waals surface area contributed by atoms with Crippen LogP contribution in [0.2, 0.25) is 0 Å². The summed E-state index contributed by atoms with van der Waals surface area (Å²) in [5.74, 6) is 1.63. The average Bonchev–Trinajstić information content (AvgIpc) is 3.07. The van der Waals surface area contributed by atoms with E-state index >= 15 is 0 Å². The molecule has 0 bridgehead atoms. The number of nitrogens with zero attached hydrogens (tertiary/aromatic N) is 4. The van der Waals surface area contributed by atoms with Gasteiger partial charge in [0, 0.05) is 52.5 Å². The molecular weight excluding hydrogens is 328 g/mol. The fourth-order valence-electron chi connectivity index (χ4n) is 2.41. The summed E-state index contributed by atoms with van der Waals surface area (Å²) in [7, 11) is 3.45. The number of carbonyl (C=O) groups excluding carboxylic acids is 1. The first-order valence-corrected chi connectivity index (χ1v) is 8.86. The number of amides is 1. The molecule has 0 aliphatic heterocycles. The highest BCUT2D eigenvalue weighted by molar-refractivity contribution is 5.84. The van der Waals surface area contributed by atoms with Gasteiger partial charge in [-0.25, -0.2) is 9.98 Å². The van der Waals surface area contributed by atoms with Crippen LogP contribution in [-0.2, 0) is 17.8 Å². The molecule has 1 amide bonds. The van der Waals surface area contributed by atoms with Crippen LogP contribution in [0.1, 0.15) is 18.3 Å². The molecule has 0 radical (unpaired) electrons. The Balaban J connectivity index is 1.88. The van der Waals surface area contributed by atoms with Crippen molar-refractivity contribution in [2.24, 2.45) is 4.99 Å². The van der Waals surface area contributed by atoms with E-state index in [1.165, 1.54) is 10.5 Å². The maximum Gasteiger partial charge on any atom is 0.243 e. The summed E-state index contributed by atoms with van der Waals surface area (Å²) < 4.78 is 2.15. The Morgan fingerprint density at radius 2 is 2.00 bits per heavy atom. The van der Waals surface area contributed by atoms with Gasteiger partial charge in [0.25, 0.3) is 0 Å². The van der Waals surface area contributed by atoms with Crippen LogP contribution in [-0.4, -0.2) is 60.0 Å². The van der Waals surface area contributed by atoms with Gasteiger partial charge in [0.15, 0.2) is 5.96 Å². The molecule has 2 N–H and O–H groups in total. The van der Waals surface area contributed by atoms with E-state index in [1.54, 1.807) is 14.1 Å². The number of aromatic nitrogens is 2. The second-order valence-electron chi connectivity index (χ2n) is 6.12. The molecule has 0 atom stereocenters. The number of carbonyl (C=O) groups is 1. The predicted molar refractivity (Wildman–Crippen MR) is 104 cm³/mol. The van der Waals surface area contributed by atoms with Crippen LogP contribution in [0.4, 0.5) is 0 Å². The molecule has 0 spiro atoms. The van der Waals surface area contributed by atoms with Crippen molar-refractivity contribution in [3.8, 4) is 0 Å². The van der Waals surface area contributed by atoms with Crippen LogP contribution in [0.25, 0.3) is 0 Å². The molecule has 7 heteroatoms. The van der Waals surface area contributed by atoms with Gasteiger partial charge in [-0.05, 0) is 12.5 Å². The second kappa shape index (κ2) is 10.2. The first-order chi connectivity index (χ1) is 12.6. The number of likely N-dealkylation sites (N-methyl/N-ethyl adjacent to an activating group) is 1. The first-order valence-electron chi connectivity index (χ1n) is 8.86. The van der Waals surface area contributed by atoms with Gasteiger partial charge < -0.3 is 20.1 Å². The molecule has 0 unspecified atom stereocenters. The summed E-state index contributed by atoms with van der Waals surface area (Å²) >= 11 is 0. The molecule has 2 aromatic rings. The van der Waals surface area contributed by atoms with Gasteiger partial charge >= 0.3 is 0 Å². The minimum atomic E-state index is -0.0272. The van der Waals surface area contributed by atoms with Crippen molar-refractivity contribution in [1.29, 1.82) is 0 Å². The molecule has 7 nitrogen and oxygen atoms in total. The number of imidazole rings is 1. The molecule has 0 aliphatic carbocycles. The van der Waals surface area contributed by atoms with E-state index in [9.17, 15) is 4.79 Å².